The number of hydrogen-bond donors (Lipinski definition) is 3. The third-order valence-electron chi connectivity index (χ3n) is 4.45. The fourth-order valence-electron chi connectivity index (χ4n) is 2.88. The van der Waals surface area contributed by atoms with Crippen LogP contribution in [0.3, 0.4) is 0 Å². The Morgan fingerprint density at radius 2 is 1.85 bits per heavy atom. The van der Waals surface area contributed by atoms with Crippen LogP contribution < -0.4 is 20.7 Å². The van der Waals surface area contributed by atoms with Crippen molar-refractivity contribution in [2.75, 3.05) is 25.1 Å². The van der Waals surface area contributed by atoms with E-state index in [1.807, 2.05) is 6.92 Å². The zero-order chi connectivity index (χ0) is 23.5. The van der Waals surface area contributed by atoms with Gasteiger partial charge in [-0.15, -0.1) is 0 Å². The zero-order valence-corrected chi connectivity index (χ0v) is 18.9. The van der Waals surface area contributed by atoms with Gasteiger partial charge in [0, 0.05) is 12.2 Å². The summed E-state index contributed by atoms with van der Waals surface area (Å²) in [6.07, 6.45) is 1.54. The van der Waals surface area contributed by atoms with E-state index in [-0.39, 0.29) is 17.6 Å². The quantitative estimate of drug-likeness (QED) is 0.308. The topological polar surface area (TPSA) is 102 Å². The van der Waals surface area contributed by atoms with E-state index in [4.69, 9.17) is 26.1 Å². The van der Waals surface area contributed by atoms with Crippen LogP contribution >= 0.6 is 12.2 Å². The SMILES string of the molecule is CCOCCOc1cccc(C(=O)NC(=S)Nc2ccccc2C(=O)NCc2ccco2)c1. The molecule has 0 radical (unpaired) electrons. The Morgan fingerprint density at radius 3 is 2.64 bits per heavy atom. The van der Waals surface area contributed by atoms with Crippen LogP contribution in [0, 0.1) is 0 Å². The van der Waals surface area contributed by atoms with Gasteiger partial charge in [0.1, 0.15) is 18.1 Å². The molecule has 9 heteroatoms. The summed E-state index contributed by atoms with van der Waals surface area (Å²) in [5.41, 5.74) is 1.23. The molecule has 3 N–H and O–H groups in total. The van der Waals surface area contributed by atoms with E-state index >= 15 is 0 Å². The van der Waals surface area contributed by atoms with Crippen LogP contribution in [0.15, 0.2) is 71.3 Å². The Bertz CT molecular complexity index is 1090. The molecular weight excluding hydrogens is 442 g/mol. The summed E-state index contributed by atoms with van der Waals surface area (Å²) in [7, 11) is 0. The first-order chi connectivity index (χ1) is 16.1. The molecule has 1 aromatic heterocycles. The minimum absolute atomic E-state index is 0.0638. The first-order valence-corrected chi connectivity index (χ1v) is 10.8. The van der Waals surface area contributed by atoms with Crippen molar-refractivity contribution >= 4 is 34.8 Å². The normalized spacial score (nSPS) is 10.3. The molecule has 8 nitrogen and oxygen atoms in total. The number of hydrogen-bond acceptors (Lipinski definition) is 6. The molecule has 1 heterocycles. The summed E-state index contributed by atoms with van der Waals surface area (Å²) in [6, 6.07) is 17.2. The molecule has 0 fully saturated rings. The number of benzene rings is 2. The average Bonchev–Trinajstić information content (AvgIpc) is 3.34. The highest BCUT2D eigenvalue weighted by Crippen LogP contribution is 2.16. The van der Waals surface area contributed by atoms with Gasteiger partial charge in [-0.2, -0.15) is 0 Å². The second-order valence-electron chi connectivity index (χ2n) is 6.79. The van der Waals surface area contributed by atoms with Gasteiger partial charge in [0.05, 0.1) is 30.7 Å². The van der Waals surface area contributed by atoms with E-state index in [1.165, 1.54) is 0 Å². The number of thiocarbonyl (C=S) groups is 1. The number of furan rings is 1. The van der Waals surface area contributed by atoms with E-state index < -0.39 is 5.91 Å². The molecule has 0 saturated heterocycles. The number of rotatable bonds is 10. The van der Waals surface area contributed by atoms with Crippen molar-refractivity contribution in [1.29, 1.82) is 0 Å². The molecule has 0 saturated carbocycles. The third-order valence-corrected chi connectivity index (χ3v) is 4.65. The predicted octanol–water partition coefficient (Wildman–Crippen LogP) is 3.75. The number of nitrogens with one attached hydrogen (secondary N) is 3. The Balaban J connectivity index is 1.57. The number of para-hydroxylation sites is 1. The largest absolute Gasteiger partial charge is 0.491 e. The van der Waals surface area contributed by atoms with Crippen LogP contribution in [-0.2, 0) is 11.3 Å². The summed E-state index contributed by atoms with van der Waals surface area (Å²) >= 11 is 5.28. The lowest BCUT2D eigenvalue weighted by molar-refractivity contribution is 0.0947. The molecule has 172 valence electrons. The second kappa shape index (κ2) is 12.4. The minimum atomic E-state index is -0.400. The molecule has 3 rings (SSSR count). The van der Waals surface area contributed by atoms with Crippen LogP contribution in [0.25, 0.3) is 0 Å². The van der Waals surface area contributed by atoms with Gasteiger partial charge in [0.25, 0.3) is 11.8 Å². The van der Waals surface area contributed by atoms with Gasteiger partial charge in [-0.05, 0) is 61.6 Å². The summed E-state index contributed by atoms with van der Waals surface area (Å²) < 4.78 is 16.1. The van der Waals surface area contributed by atoms with Gasteiger partial charge in [-0.1, -0.05) is 18.2 Å². The number of anilines is 1. The Hall–Kier alpha value is -3.69. The second-order valence-corrected chi connectivity index (χ2v) is 7.20. The maximum absolute atomic E-state index is 12.6. The van der Waals surface area contributed by atoms with Gasteiger partial charge in [-0.25, -0.2) is 0 Å². The fourth-order valence-corrected chi connectivity index (χ4v) is 3.09. The van der Waals surface area contributed by atoms with Crippen molar-refractivity contribution in [3.05, 3.63) is 83.8 Å². The molecule has 0 atom stereocenters. The predicted molar refractivity (Wildman–Crippen MR) is 128 cm³/mol. The van der Waals surface area contributed by atoms with Crippen molar-refractivity contribution in [3.8, 4) is 5.75 Å². The number of amides is 2. The van der Waals surface area contributed by atoms with Crippen molar-refractivity contribution in [3.63, 3.8) is 0 Å². The molecule has 0 bridgehead atoms. The van der Waals surface area contributed by atoms with E-state index in [0.29, 0.717) is 48.1 Å². The van der Waals surface area contributed by atoms with Crippen molar-refractivity contribution in [2.45, 2.75) is 13.5 Å². The van der Waals surface area contributed by atoms with Crippen molar-refractivity contribution in [2.24, 2.45) is 0 Å². The Kier molecular flexibility index (Phi) is 8.98. The van der Waals surface area contributed by atoms with Gasteiger partial charge in [0.2, 0.25) is 0 Å². The van der Waals surface area contributed by atoms with Crippen molar-refractivity contribution in [1.82, 2.24) is 10.6 Å². The lowest BCUT2D eigenvalue weighted by Gasteiger charge is -2.14. The smallest absolute Gasteiger partial charge is 0.257 e. The summed E-state index contributed by atoms with van der Waals surface area (Å²) in [4.78, 5) is 25.2. The van der Waals surface area contributed by atoms with Gasteiger partial charge < -0.3 is 24.5 Å². The first-order valence-electron chi connectivity index (χ1n) is 10.4. The summed E-state index contributed by atoms with van der Waals surface area (Å²) in [5.74, 6) is 0.489. The van der Waals surface area contributed by atoms with Gasteiger partial charge >= 0.3 is 0 Å². The highest BCUT2D eigenvalue weighted by Gasteiger charge is 2.14. The molecule has 2 amide bonds. The van der Waals surface area contributed by atoms with Crippen molar-refractivity contribution < 1.29 is 23.5 Å². The maximum Gasteiger partial charge on any atom is 0.257 e. The van der Waals surface area contributed by atoms with Crippen LogP contribution in [0.4, 0.5) is 5.69 Å². The summed E-state index contributed by atoms with van der Waals surface area (Å²) in [6.45, 7) is 3.64. The minimum Gasteiger partial charge on any atom is -0.491 e. The fraction of sp³-hybridized carbons (Fsp3) is 0.208. The molecule has 0 unspecified atom stereocenters. The lowest BCUT2D eigenvalue weighted by atomic mass is 10.1. The Labute approximate surface area is 197 Å². The maximum atomic E-state index is 12.6. The monoisotopic (exact) mass is 467 g/mol. The molecule has 3 aromatic rings. The zero-order valence-electron chi connectivity index (χ0n) is 18.1. The van der Waals surface area contributed by atoms with E-state index in [2.05, 4.69) is 16.0 Å². The number of carbonyl (C=O) groups is 2. The van der Waals surface area contributed by atoms with Crippen LogP contribution in [0.2, 0.25) is 0 Å². The number of carbonyl (C=O) groups excluding carboxylic acids is 2. The standard InChI is InChI=1S/C24H25N3O5S/c1-2-30-13-14-32-18-8-5-7-17(15-18)22(28)27-24(33)26-21-11-4-3-10-20(21)23(29)25-16-19-9-6-12-31-19/h3-12,15H,2,13-14,16H2,1H3,(H,25,29)(H2,26,27,28,33). The van der Waals surface area contributed by atoms with E-state index in [0.717, 1.165) is 0 Å². The first kappa shape index (κ1) is 24.0. The van der Waals surface area contributed by atoms with E-state index in [9.17, 15) is 9.59 Å². The third kappa shape index (κ3) is 7.44. The molecule has 0 aliphatic heterocycles. The van der Waals surface area contributed by atoms with E-state index in [1.54, 1.807) is 66.9 Å². The van der Waals surface area contributed by atoms with Gasteiger partial charge in [0.15, 0.2) is 5.11 Å². The van der Waals surface area contributed by atoms with Crippen LogP contribution in [0.5, 0.6) is 5.75 Å². The molecule has 2 aromatic carbocycles. The van der Waals surface area contributed by atoms with Crippen LogP contribution in [-0.4, -0.2) is 36.7 Å². The molecule has 33 heavy (non-hydrogen) atoms. The summed E-state index contributed by atoms with van der Waals surface area (Å²) in [5, 5.41) is 8.39. The molecule has 0 spiro atoms. The van der Waals surface area contributed by atoms with Gasteiger partial charge in [-0.3, -0.25) is 14.9 Å². The molecule has 0 aliphatic rings. The highest BCUT2D eigenvalue weighted by molar-refractivity contribution is 7.80. The molecular formula is C24H25N3O5S. The molecule has 0 aliphatic carbocycles. The average molecular weight is 468 g/mol. The highest BCUT2D eigenvalue weighted by atomic mass is 32.1. The number of ether oxygens (including phenoxy) is 2. The lowest BCUT2D eigenvalue weighted by Crippen LogP contribution is -2.35. The van der Waals surface area contributed by atoms with Crippen LogP contribution in [0.1, 0.15) is 33.4 Å². The Morgan fingerprint density at radius 1 is 1.00 bits per heavy atom.